The largest absolute Gasteiger partial charge is 0.378 e. The van der Waals surface area contributed by atoms with Crippen molar-refractivity contribution in [2.75, 3.05) is 7.11 Å². The van der Waals surface area contributed by atoms with Crippen LogP contribution in [-0.4, -0.2) is 17.1 Å². The normalized spacial score (nSPS) is 10.0. The fraction of sp³-hybridized carbons (Fsp3) is 0.333. The molecular formula is C6H7FN2OS. The molecule has 1 aromatic rings. The van der Waals surface area contributed by atoms with Crippen LogP contribution in [0.1, 0.15) is 5.69 Å². The number of methoxy groups -OCH3 is 1. The number of ether oxygens (including phenoxy) is 1. The van der Waals surface area contributed by atoms with E-state index in [9.17, 15) is 4.39 Å². The highest BCUT2D eigenvalue weighted by atomic mass is 32.1. The molecule has 0 aromatic carbocycles. The Hall–Kier alpha value is -0.810. The Morgan fingerprint density at radius 1 is 1.82 bits per heavy atom. The molecule has 0 fully saturated rings. The van der Waals surface area contributed by atoms with Crippen LogP contribution in [-0.2, 0) is 11.3 Å². The van der Waals surface area contributed by atoms with Crippen LogP contribution in [0.15, 0.2) is 6.33 Å². The minimum absolute atomic E-state index is 0.0317. The van der Waals surface area contributed by atoms with Crippen molar-refractivity contribution in [3.05, 3.63) is 22.5 Å². The third-order valence-corrected chi connectivity index (χ3v) is 1.45. The van der Waals surface area contributed by atoms with Crippen molar-refractivity contribution in [2.45, 2.75) is 6.61 Å². The van der Waals surface area contributed by atoms with Crippen molar-refractivity contribution in [1.29, 1.82) is 0 Å². The van der Waals surface area contributed by atoms with Gasteiger partial charge in [0.25, 0.3) is 0 Å². The van der Waals surface area contributed by atoms with E-state index in [1.165, 1.54) is 13.4 Å². The van der Waals surface area contributed by atoms with Gasteiger partial charge in [-0.15, -0.1) is 0 Å². The summed E-state index contributed by atoms with van der Waals surface area (Å²) in [5.41, 5.74) is 0.326. The lowest BCUT2D eigenvalue weighted by Gasteiger charge is -1.99. The minimum Gasteiger partial charge on any atom is -0.378 e. The lowest BCUT2D eigenvalue weighted by atomic mass is 10.4. The number of rotatable bonds is 2. The second-order valence-corrected chi connectivity index (χ2v) is 2.32. The maximum atomic E-state index is 12.9. The van der Waals surface area contributed by atoms with E-state index in [1.54, 1.807) is 0 Å². The topological polar surface area (TPSA) is 37.9 Å². The first-order valence-electron chi connectivity index (χ1n) is 2.96. The van der Waals surface area contributed by atoms with Crippen molar-refractivity contribution >= 4 is 12.2 Å². The quantitative estimate of drug-likeness (QED) is 0.689. The SMILES string of the molecule is COCc1[nH]cnc(=S)c1F. The Morgan fingerprint density at radius 3 is 3.18 bits per heavy atom. The summed E-state index contributed by atoms with van der Waals surface area (Å²) in [5.74, 6) is -0.510. The molecule has 1 aromatic heterocycles. The van der Waals surface area contributed by atoms with Crippen LogP contribution in [0.4, 0.5) is 4.39 Å². The molecule has 1 N–H and O–H groups in total. The van der Waals surface area contributed by atoms with Gasteiger partial charge in [0.1, 0.15) is 0 Å². The maximum Gasteiger partial charge on any atom is 0.181 e. The zero-order chi connectivity index (χ0) is 8.27. The third-order valence-electron chi connectivity index (χ3n) is 1.16. The molecule has 0 bridgehead atoms. The van der Waals surface area contributed by atoms with E-state index in [2.05, 4.69) is 22.2 Å². The molecule has 3 nitrogen and oxygen atoms in total. The smallest absolute Gasteiger partial charge is 0.181 e. The first kappa shape index (κ1) is 8.29. The molecule has 5 heteroatoms. The molecule has 0 atom stereocenters. The minimum atomic E-state index is -0.510. The summed E-state index contributed by atoms with van der Waals surface area (Å²) in [4.78, 5) is 6.15. The predicted molar refractivity (Wildman–Crippen MR) is 40.1 cm³/mol. The van der Waals surface area contributed by atoms with Gasteiger partial charge in [0.05, 0.1) is 18.6 Å². The number of halogens is 1. The zero-order valence-electron chi connectivity index (χ0n) is 5.93. The number of aromatic nitrogens is 2. The first-order chi connectivity index (χ1) is 5.25. The van der Waals surface area contributed by atoms with Crippen molar-refractivity contribution in [3.8, 4) is 0 Å². The first-order valence-corrected chi connectivity index (χ1v) is 3.37. The highest BCUT2D eigenvalue weighted by Crippen LogP contribution is 2.03. The fourth-order valence-electron chi connectivity index (χ4n) is 0.667. The van der Waals surface area contributed by atoms with Crippen molar-refractivity contribution in [3.63, 3.8) is 0 Å². The molecule has 0 radical (unpaired) electrons. The molecule has 1 heterocycles. The molecule has 0 saturated carbocycles. The highest BCUT2D eigenvalue weighted by molar-refractivity contribution is 7.71. The number of hydrogen-bond acceptors (Lipinski definition) is 3. The van der Waals surface area contributed by atoms with Gasteiger partial charge in [0.2, 0.25) is 0 Å². The van der Waals surface area contributed by atoms with Crippen LogP contribution < -0.4 is 0 Å². The number of nitrogens with one attached hydrogen (secondary N) is 1. The molecule has 0 aliphatic rings. The third kappa shape index (κ3) is 1.81. The maximum absolute atomic E-state index is 12.9. The van der Waals surface area contributed by atoms with Gasteiger partial charge in [-0.25, -0.2) is 9.37 Å². The van der Waals surface area contributed by atoms with E-state index < -0.39 is 5.82 Å². The van der Waals surface area contributed by atoms with Gasteiger partial charge in [0, 0.05) is 7.11 Å². The van der Waals surface area contributed by atoms with Crippen molar-refractivity contribution < 1.29 is 9.13 Å². The van der Waals surface area contributed by atoms with E-state index in [0.717, 1.165) is 0 Å². The molecular weight excluding hydrogens is 167 g/mol. The van der Waals surface area contributed by atoms with Gasteiger partial charge in [-0.05, 0) is 0 Å². The van der Waals surface area contributed by atoms with E-state index >= 15 is 0 Å². The van der Waals surface area contributed by atoms with Gasteiger partial charge in [0.15, 0.2) is 10.5 Å². The second-order valence-electron chi connectivity index (χ2n) is 1.93. The summed E-state index contributed by atoms with van der Waals surface area (Å²) < 4.78 is 17.6. The van der Waals surface area contributed by atoms with E-state index in [-0.39, 0.29) is 11.2 Å². The Morgan fingerprint density at radius 2 is 2.55 bits per heavy atom. The molecule has 1 rings (SSSR count). The molecule has 0 aliphatic carbocycles. The Labute approximate surface area is 68.2 Å². The summed E-state index contributed by atoms with van der Waals surface area (Å²) >= 11 is 4.59. The average molecular weight is 174 g/mol. The fourth-order valence-corrected chi connectivity index (χ4v) is 0.843. The summed E-state index contributed by atoms with van der Waals surface area (Å²) in [6, 6.07) is 0. The Kier molecular flexibility index (Phi) is 2.67. The predicted octanol–water partition coefficient (Wildman–Crippen LogP) is 1.42. The van der Waals surface area contributed by atoms with Crippen molar-refractivity contribution in [2.24, 2.45) is 0 Å². The number of nitrogens with zero attached hydrogens (tertiary/aromatic N) is 1. The van der Waals surface area contributed by atoms with E-state index in [1.807, 2.05) is 0 Å². The van der Waals surface area contributed by atoms with Crippen LogP contribution in [0, 0.1) is 10.5 Å². The summed E-state index contributed by atoms with van der Waals surface area (Å²) in [7, 11) is 1.48. The average Bonchev–Trinajstić information content (AvgIpc) is 1.99. The lowest BCUT2D eigenvalue weighted by molar-refractivity contribution is 0.177. The molecule has 0 spiro atoms. The number of H-pyrrole nitrogens is 1. The lowest BCUT2D eigenvalue weighted by Crippen LogP contribution is -1.98. The van der Waals surface area contributed by atoms with Crippen LogP contribution in [0.5, 0.6) is 0 Å². The summed E-state index contributed by atoms with van der Waals surface area (Å²) in [6.45, 7) is 0.179. The molecule has 0 unspecified atom stereocenters. The van der Waals surface area contributed by atoms with Crippen LogP contribution >= 0.6 is 12.2 Å². The summed E-state index contributed by atoms with van der Waals surface area (Å²) in [6.07, 6.45) is 1.35. The number of aromatic amines is 1. The van der Waals surface area contributed by atoms with Crippen LogP contribution in [0.25, 0.3) is 0 Å². The second kappa shape index (κ2) is 3.54. The Balaban J connectivity index is 3.06. The van der Waals surface area contributed by atoms with Crippen LogP contribution in [0.3, 0.4) is 0 Å². The van der Waals surface area contributed by atoms with Crippen LogP contribution in [0.2, 0.25) is 0 Å². The molecule has 11 heavy (non-hydrogen) atoms. The number of hydrogen-bond donors (Lipinski definition) is 1. The molecule has 60 valence electrons. The van der Waals surface area contributed by atoms with Crippen molar-refractivity contribution in [1.82, 2.24) is 9.97 Å². The van der Waals surface area contributed by atoms with Gasteiger partial charge in [-0.3, -0.25) is 0 Å². The van der Waals surface area contributed by atoms with E-state index in [4.69, 9.17) is 4.74 Å². The molecule has 0 amide bonds. The molecule has 0 saturated heterocycles. The van der Waals surface area contributed by atoms with Gasteiger partial charge in [-0.2, -0.15) is 0 Å². The van der Waals surface area contributed by atoms with Gasteiger partial charge >= 0.3 is 0 Å². The van der Waals surface area contributed by atoms with Gasteiger partial charge in [-0.1, -0.05) is 12.2 Å². The summed E-state index contributed by atoms with van der Waals surface area (Å²) in [5, 5.41) is 0. The monoisotopic (exact) mass is 174 g/mol. The standard InChI is InChI=1S/C6H7FN2OS/c1-10-2-4-5(7)6(11)9-3-8-4/h3H,2H2,1H3,(H,8,9,11). The Bertz CT molecular complexity index is 299. The highest BCUT2D eigenvalue weighted by Gasteiger charge is 2.02. The van der Waals surface area contributed by atoms with Gasteiger partial charge < -0.3 is 9.72 Å². The molecule has 0 aliphatic heterocycles. The van der Waals surface area contributed by atoms with E-state index in [0.29, 0.717) is 5.69 Å². The zero-order valence-corrected chi connectivity index (χ0v) is 6.74.